The second kappa shape index (κ2) is 7.36. The zero-order valence-corrected chi connectivity index (χ0v) is 15.1. The summed E-state index contributed by atoms with van der Waals surface area (Å²) in [5, 5.41) is 3.28. The molecule has 27 heavy (non-hydrogen) atoms. The van der Waals surface area contributed by atoms with E-state index in [2.05, 4.69) is 5.32 Å². The van der Waals surface area contributed by atoms with E-state index in [-0.39, 0.29) is 25.0 Å². The molecule has 0 atom stereocenters. The molecule has 0 saturated carbocycles. The first kappa shape index (κ1) is 17.5. The molecule has 0 fully saturated rings. The van der Waals surface area contributed by atoms with Crippen LogP contribution in [0.15, 0.2) is 36.4 Å². The van der Waals surface area contributed by atoms with Crippen LogP contribution in [0.25, 0.3) is 0 Å². The number of benzene rings is 2. The van der Waals surface area contributed by atoms with Crippen LogP contribution in [0, 0.1) is 0 Å². The number of rotatable bonds is 4. The summed E-state index contributed by atoms with van der Waals surface area (Å²) in [6, 6.07) is 10.5. The molecular formula is C19H17ClN2O5. The number of nitrogens with one attached hydrogen (secondary N) is 1. The molecule has 2 heterocycles. The number of carbonyl (C=O) groups excluding carboxylic acids is 2. The molecule has 2 aromatic carbocycles. The Hall–Kier alpha value is -2.93. The van der Waals surface area contributed by atoms with E-state index < -0.39 is 0 Å². The first-order chi connectivity index (χ1) is 13.1. The fraction of sp³-hybridized carbons (Fsp3) is 0.263. The number of halogens is 1. The van der Waals surface area contributed by atoms with Gasteiger partial charge >= 0.3 is 0 Å². The normalized spacial score (nSPS) is 15.0. The Morgan fingerprint density at radius 1 is 1.04 bits per heavy atom. The molecule has 0 radical (unpaired) electrons. The van der Waals surface area contributed by atoms with Crippen molar-refractivity contribution in [1.29, 1.82) is 0 Å². The van der Waals surface area contributed by atoms with Crippen LogP contribution in [0.4, 0.5) is 5.69 Å². The zero-order chi connectivity index (χ0) is 18.8. The summed E-state index contributed by atoms with van der Waals surface area (Å²) in [7, 11) is 0. The molecule has 1 N–H and O–H groups in total. The zero-order valence-electron chi connectivity index (χ0n) is 14.4. The Morgan fingerprint density at radius 2 is 1.81 bits per heavy atom. The quantitative estimate of drug-likeness (QED) is 0.868. The van der Waals surface area contributed by atoms with Gasteiger partial charge in [0.15, 0.2) is 18.1 Å². The number of hydrogen-bond acceptors (Lipinski definition) is 5. The van der Waals surface area contributed by atoms with E-state index in [9.17, 15) is 9.59 Å². The lowest BCUT2D eigenvalue weighted by Gasteiger charge is -2.29. The molecule has 0 spiro atoms. The number of nitrogens with zero attached hydrogens (tertiary/aromatic N) is 1. The third-order valence-corrected chi connectivity index (χ3v) is 4.50. The van der Waals surface area contributed by atoms with Gasteiger partial charge in [-0.15, -0.1) is 0 Å². The van der Waals surface area contributed by atoms with Crippen molar-refractivity contribution in [3.8, 4) is 17.2 Å². The maximum Gasteiger partial charge on any atom is 0.265 e. The minimum Gasteiger partial charge on any atom is -0.486 e. The van der Waals surface area contributed by atoms with Gasteiger partial charge < -0.3 is 19.5 Å². The predicted octanol–water partition coefficient (Wildman–Crippen LogP) is 2.15. The molecular weight excluding hydrogens is 372 g/mol. The Bertz CT molecular complexity index is 902. The van der Waals surface area contributed by atoms with E-state index >= 15 is 0 Å². The summed E-state index contributed by atoms with van der Waals surface area (Å²) in [4.78, 5) is 25.9. The second-order valence-electron chi connectivity index (χ2n) is 6.14. The predicted molar refractivity (Wildman–Crippen MR) is 98.6 cm³/mol. The number of ether oxygens (including phenoxy) is 3. The molecule has 2 amide bonds. The van der Waals surface area contributed by atoms with Gasteiger partial charge in [-0.25, -0.2) is 0 Å². The van der Waals surface area contributed by atoms with Gasteiger partial charge in [0.1, 0.15) is 25.5 Å². The van der Waals surface area contributed by atoms with Crippen molar-refractivity contribution in [2.75, 3.05) is 31.3 Å². The topological polar surface area (TPSA) is 77.1 Å². The molecule has 0 saturated heterocycles. The highest BCUT2D eigenvalue weighted by Gasteiger charge is 2.27. The molecule has 0 bridgehead atoms. The van der Waals surface area contributed by atoms with Crippen molar-refractivity contribution in [2.45, 2.75) is 6.54 Å². The summed E-state index contributed by atoms with van der Waals surface area (Å²) < 4.78 is 16.4. The Balaban J connectivity index is 1.41. The molecule has 2 aliphatic rings. The second-order valence-corrected chi connectivity index (χ2v) is 6.57. The Kier molecular flexibility index (Phi) is 4.77. The van der Waals surface area contributed by atoms with Crippen molar-refractivity contribution in [2.24, 2.45) is 0 Å². The maximum absolute atomic E-state index is 12.4. The van der Waals surface area contributed by atoms with Crippen LogP contribution < -0.4 is 24.4 Å². The Labute approximate surface area is 160 Å². The van der Waals surface area contributed by atoms with Gasteiger partial charge in [-0.1, -0.05) is 17.7 Å². The Morgan fingerprint density at radius 3 is 2.67 bits per heavy atom. The third-order valence-electron chi connectivity index (χ3n) is 4.26. The van der Waals surface area contributed by atoms with Crippen molar-refractivity contribution in [3.05, 3.63) is 47.0 Å². The molecule has 4 rings (SSSR count). The lowest BCUT2D eigenvalue weighted by molar-refractivity contribution is -0.125. The maximum atomic E-state index is 12.4. The van der Waals surface area contributed by atoms with Crippen molar-refractivity contribution < 1.29 is 23.8 Å². The number of fused-ring (bicyclic) bond motifs is 2. The molecule has 8 heteroatoms. The summed E-state index contributed by atoms with van der Waals surface area (Å²) in [6.45, 7) is 1.13. The summed E-state index contributed by atoms with van der Waals surface area (Å²) in [5.74, 6) is 1.31. The SMILES string of the molecule is O=C(CN1C(=O)COc2ccc(Cl)cc21)NCc1ccc2c(c1)OCCO2. The van der Waals surface area contributed by atoms with E-state index in [0.29, 0.717) is 47.7 Å². The van der Waals surface area contributed by atoms with Crippen LogP contribution in [0.3, 0.4) is 0 Å². The summed E-state index contributed by atoms with van der Waals surface area (Å²) >= 11 is 6.01. The fourth-order valence-corrected chi connectivity index (χ4v) is 3.11. The average molecular weight is 389 g/mol. The van der Waals surface area contributed by atoms with Crippen molar-refractivity contribution >= 4 is 29.1 Å². The van der Waals surface area contributed by atoms with E-state index in [1.807, 2.05) is 18.2 Å². The van der Waals surface area contributed by atoms with E-state index in [0.717, 1.165) is 5.56 Å². The first-order valence-electron chi connectivity index (χ1n) is 8.48. The minimum atomic E-state index is -0.292. The van der Waals surface area contributed by atoms with E-state index in [1.54, 1.807) is 18.2 Å². The molecule has 0 aliphatic carbocycles. The third kappa shape index (κ3) is 3.78. The van der Waals surface area contributed by atoms with Gasteiger partial charge in [0.25, 0.3) is 5.91 Å². The van der Waals surface area contributed by atoms with Gasteiger partial charge in [-0.3, -0.25) is 14.5 Å². The minimum absolute atomic E-state index is 0.107. The van der Waals surface area contributed by atoms with E-state index in [1.165, 1.54) is 4.90 Å². The van der Waals surface area contributed by atoms with Gasteiger partial charge in [-0.2, -0.15) is 0 Å². The summed E-state index contributed by atoms with van der Waals surface area (Å²) in [5.41, 5.74) is 1.37. The highest BCUT2D eigenvalue weighted by molar-refractivity contribution is 6.31. The van der Waals surface area contributed by atoms with E-state index in [4.69, 9.17) is 25.8 Å². The lowest BCUT2D eigenvalue weighted by Crippen LogP contribution is -2.45. The number of carbonyl (C=O) groups is 2. The first-order valence-corrected chi connectivity index (χ1v) is 8.86. The van der Waals surface area contributed by atoms with Crippen LogP contribution in [0.5, 0.6) is 17.2 Å². The lowest BCUT2D eigenvalue weighted by atomic mass is 10.2. The van der Waals surface area contributed by atoms with Crippen molar-refractivity contribution in [3.63, 3.8) is 0 Å². The standard InChI is InChI=1S/C19H17ClN2O5/c20-13-2-4-15-14(8-13)22(19(24)11-27-15)10-18(23)21-9-12-1-3-16-17(7-12)26-6-5-25-16/h1-4,7-8H,5-6,9-11H2,(H,21,23). The molecule has 0 aromatic heterocycles. The highest BCUT2D eigenvalue weighted by atomic mass is 35.5. The average Bonchev–Trinajstić information content (AvgIpc) is 2.68. The smallest absolute Gasteiger partial charge is 0.265 e. The molecule has 0 unspecified atom stereocenters. The summed E-state index contributed by atoms with van der Waals surface area (Å²) in [6.07, 6.45) is 0. The van der Waals surface area contributed by atoms with Gasteiger partial charge in [0.05, 0.1) is 5.69 Å². The van der Waals surface area contributed by atoms with Gasteiger partial charge in [0.2, 0.25) is 5.91 Å². The van der Waals surface area contributed by atoms with Gasteiger partial charge in [0, 0.05) is 11.6 Å². The van der Waals surface area contributed by atoms with Gasteiger partial charge in [-0.05, 0) is 35.9 Å². The van der Waals surface area contributed by atoms with Crippen LogP contribution in [-0.4, -0.2) is 38.2 Å². The van der Waals surface area contributed by atoms with Crippen LogP contribution >= 0.6 is 11.6 Å². The molecule has 7 nitrogen and oxygen atoms in total. The highest BCUT2D eigenvalue weighted by Crippen LogP contribution is 2.34. The van der Waals surface area contributed by atoms with Crippen LogP contribution in [-0.2, 0) is 16.1 Å². The molecule has 140 valence electrons. The number of hydrogen-bond donors (Lipinski definition) is 1. The fourth-order valence-electron chi connectivity index (χ4n) is 2.95. The number of amides is 2. The van der Waals surface area contributed by atoms with Crippen molar-refractivity contribution in [1.82, 2.24) is 5.32 Å². The largest absolute Gasteiger partial charge is 0.486 e. The van der Waals surface area contributed by atoms with Crippen LogP contribution in [0.1, 0.15) is 5.56 Å². The monoisotopic (exact) mass is 388 g/mol. The molecule has 2 aromatic rings. The number of anilines is 1. The van der Waals surface area contributed by atoms with Crippen LogP contribution in [0.2, 0.25) is 5.02 Å². The molecule has 2 aliphatic heterocycles.